The molecule has 1 N–H and O–H groups in total. The number of amides is 1. The molecular weight excluding hydrogens is 290 g/mol. The van der Waals surface area contributed by atoms with Crippen LogP contribution in [0, 0.1) is 13.8 Å². The zero-order chi connectivity index (χ0) is 15.4. The van der Waals surface area contributed by atoms with Crippen molar-refractivity contribution < 1.29 is 19.4 Å². The van der Waals surface area contributed by atoms with E-state index in [4.69, 9.17) is 9.84 Å². The molecule has 0 saturated carbocycles. The van der Waals surface area contributed by atoms with Crippen molar-refractivity contribution in [2.45, 2.75) is 39.2 Å². The molecule has 0 spiro atoms. The number of carbonyl (C=O) groups excluding carboxylic acids is 1. The van der Waals surface area contributed by atoms with Gasteiger partial charge in [0.15, 0.2) is 0 Å². The fraction of sp³-hybridized carbons (Fsp3) is 0.600. The molecule has 0 bridgehead atoms. The Morgan fingerprint density at radius 1 is 1.48 bits per heavy atom. The van der Waals surface area contributed by atoms with Crippen LogP contribution >= 0.6 is 11.3 Å². The second-order valence-corrected chi connectivity index (χ2v) is 6.82. The van der Waals surface area contributed by atoms with Gasteiger partial charge in [-0.3, -0.25) is 9.59 Å². The van der Waals surface area contributed by atoms with Crippen LogP contribution in [0.2, 0.25) is 0 Å². The summed E-state index contributed by atoms with van der Waals surface area (Å²) in [6, 6.07) is 1.88. The monoisotopic (exact) mass is 311 g/mol. The Hall–Kier alpha value is -1.40. The van der Waals surface area contributed by atoms with Gasteiger partial charge in [-0.15, -0.1) is 11.3 Å². The van der Waals surface area contributed by atoms with E-state index in [2.05, 4.69) is 0 Å². The highest BCUT2D eigenvalue weighted by Gasteiger charge is 2.25. The summed E-state index contributed by atoms with van der Waals surface area (Å²) in [5.74, 6) is -0.980. The molecule has 1 aromatic heterocycles. The van der Waals surface area contributed by atoms with Crippen LogP contribution < -0.4 is 0 Å². The summed E-state index contributed by atoms with van der Waals surface area (Å²) in [6.45, 7) is 5.31. The summed E-state index contributed by atoms with van der Waals surface area (Å²) in [6.07, 6.45) is 1.92. The van der Waals surface area contributed by atoms with Crippen LogP contribution in [0.25, 0.3) is 0 Å². The Bertz CT molecular complexity index is 520. The van der Waals surface area contributed by atoms with Gasteiger partial charge in [-0.1, -0.05) is 0 Å². The number of thiophene rings is 1. The van der Waals surface area contributed by atoms with Gasteiger partial charge in [0.1, 0.15) is 0 Å². The SMILES string of the molecule is Cc1cc(C(=O)N(CCC(=O)O)C[C@@H]2CCCO2)c(C)s1. The number of hydrogen-bond donors (Lipinski definition) is 1. The van der Waals surface area contributed by atoms with Crippen LogP contribution in [-0.2, 0) is 9.53 Å². The molecule has 1 atom stereocenters. The fourth-order valence-corrected chi connectivity index (χ4v) is 3.47. The van der Waals surface area contributed by atoms with Crippen LogP contribution in [0.5, 0.6) is 0 Å². The van der Waals surface area contributed by atoms with Crippen LogP contribution in [0.15, 0.2) is 6.07 Å². The molecule has 1 saturated heterocycles. The molecule has 21 heavy (non-hydrogen) atoms. The second-order valence-electron chi connectivity index (χ2n) is 5.36. The van der Waals surface area contributed by atoms with E-state index >= 15 is 0 Å². The Morgan fingerprint density at radius 2 is 2.24 bits per heavy atom. The van der Waals surface area contributed by atoms with E-state index in [-0.39, 0.29) is 25.0 Å². The number of carbonyl (C=O) groups is 2. The largest absolute Gasteiger partial charge is 0.481 e. The number of hydrogen-bond acceptors (Lipinski definition) is 4. The lowest BCUT2D eigenvalue weighted by molar-refractivity contribution is -0.137. The van der Waals surface area contributed by atoms with Crippen molar-refractivity contribution in [3.05, 3.63) is 21.4 Å². The molecule has 0 aliphatic carbocycles. The summed E-state index contributed by atoms with van der Waals surface area (Å²) in [4.78, 5) is 27.2. The maximum Gasteiger partial charge on any atom is 0.305 e. The number of carboxylic acid groups (broad SMARTS) is 1. The van der Waals surface area contributed by atoms with Crippen LogP contribution in [-0.4, -0.2) is 47.7 Å². The lowest BCUT2D eigenvalue weighted by Crippen LogP contribution is -2.38. The number of rotatable bonds is 6. The maximum atomic E-state index is 12.7. The molecule has 116 valence electrons. The molecular formula is C15H21NO4S. The summed E-state index contributed by atoms with van der Waals surface area (Å²) in [5, 5.41) is 8.87. The van der Waals surface area contributed by atoms with Crippen molar-refractivity contribution in [2.75, 3.05) is 19.7 Å². The zero-order valence-corrected chi connectivity index (χ0v) is 13.2. The van der Waals surface area contributed by atoms with Crippen molar-refractivity contribution >= 4 is 23.2 Å². The van der Waals surface area contributed by atoms with Crippen LogP contribution in [0.4, 0.5) is 0 Å². The molecule has 2 rings (SSSR count). The first-order chi connectivity index (χ1) is 9.97. The van der Waals surface area contributed by atoms with E-state index in [9.17, 15) is 9.59 Å². The molecule has 0 radical (unpaired) electrons. The summed E-state index contributed by atoms with van der Waals surface area (Å²) >= 11 is 1.59. The van der Waals surface area contributed by atoms with Gasteiger partial charge in [-0.25, -0.2) is 0 Å². The predicted molar refractivity (Wildman–Crippen MR) is 80.9 cm³/mol. The van der Waals surface area contributed by atoms with Crippen molar-refractivity contribution in [3.63, 3.8) is 0 Å². The van der Waals surface area contributed by atoms with Crippen molar-refractivity contribution in [3.8, 4) is 0 Å². The van der Waals surface area contributed by atoms with Gasteiger partial charge in [0.05, 0.1) is 18.1 Å². The Kier molecular flexibility index (Phi) is 5.36. The number of nitrogens with zero attached hydrogens (tertiary/aromatic N) is 1. The average molecular weight is 311 g/mol. The number of aliphatic carboxylic acids is 1. The van der Waals surface area contributed by atoms with Gasteiger partial charge in [-0.2, -0.15) is 0 Å². The molecule has 5 nitrogen and oxygen atoms in total. The molecule has 1 aliphatic heterocycles. The lowest BCUT2D eigenvalue weighted by Gasteiger charge is -2.25. The molecule has 0 aromatic carbocycles. The highest BCUT2D eigenvalue weighted by atomic mass is 32.1. The van der Waals surface area contributed by atoms with Gasteiger partial charge < -0.3 is 14.7 Å². The van der Waals surface area contributed by atoms with Gasteiger partial charge in [0, 0.05) is 29.5 Å². The number of aryl methyl sites for hydroxylation is 2. The summed E-state index contributed by atoms with van der Waals surface area (Å²) in [5.41, 5.74) is 0.681. The predicted octanol–water partition coefficient (Wildman–Crippen LogP) is 2.46. The van der Waals surface area contributed by atoms with Gasteiger partial charge in [0.25, 0.3) is 5.91 Å². The van der Waals surface area contributed by atoms with Gasteiger partial charge in [-0.05, 0) is 32.8 Å². The molecule has 2 heterocycles. The second kappa shape index (κ2) is 7.04. The van der Waals surface area contributed by atoms with E-state index in [1.165, 1.54) is 0 Å². The van der Waals surface area contributed by atoms with Crippen molar-refractivity contribution in [2.24, 2.45) is 0 Å². The molecule has 1 aliphatic rings. The minimum atomic E-state index is -0.890. The summed E-state index contributed by atoms with van der Waals surface area (Å²) in [7, 11) is 0. The van der Waals surface area contributed by atoms with E-state index in [1.807, 2.05) is 19.9 Å². The zero-order valence-electron chi connectivity index (χ0n) is 12.4. The minimum absolute atomic E-state index is 0.0304. The maximum absolute atomic E-state index is 12.7. The van der Waals surface area contributed by atoms with E-state index < -0.39 is 5.97 Å². The fourth-order valence-electron chi connectivity index (χ4n) is 2.55. The van der Waals surface area contributed by atoms with E-state index in [0.717, 1.165) is 29.2 Å². The molecule has 1 amide bonds. The first-order valence-electron chi connectivity index (χ1n) is 7.17. The standard InChI is InChI=1S/C15H21NO4S/c1-10-8-13(11(2)21-10)15(19)16(6-5-14(17)18)9-12-4-3-7-20-12/h8,12H,3-7,9H2,1-2H3,(H,17,18)/t12-/m0/s1. The minimum Gasteiger partial charge on any atom is -0.481 e. The lowest BCUT2D eigenvalue weighted by atomic mass is 10.1. The van der Waals surface area contributed by atoms with Crippen LogP contribution in [0.1, 0.15) is 39.4 Å². The smallest absolute Gasteiger partial charge is 0.305 e. The third-order valence-electron chi connectivity index (χ3n) is 3.60. The van der Waals surface area contributed by atoms with Gasteiger partial charge in [0.2, 0.25) is 0 Å². The quantitative estimate of drug-likeness (QED) is 0.876. The normalized spacial score (nSPS) is 17.9. The average Bonchev–Trinajstić information content (AvgIpc) is 3.03. The van der Waals surface area contributed by atoms with Gasteiger partial charge >= 0.3 is 5.97 Å². The Morgan fingerprint density at radius 3 is 2.76 bits per heavy atom. The topological polar surface area (TPSA) is 66.8 Å². The third-order valence-corrected chi connectivity index (χ3v) is 4.57. The van der Waals surface area contributed by atoms with E-state index in [0.29, 0.717) is 12.1 Å². The molecule has 1 aromatic rings. The molecule has 0 unspecified atom stereocenters. The highest BCUT2D eigenvalue weighted by Crippen LogP contribution is 2.23. The Balaban J connectivity index is 2.10. The first kappa shape index (κ1) is 16.0. The summed E-state index contributed by atoms with van der Waals surface area (Å²) < 4.78 is 5.57. The molecule has 1 fully saturated rings. The van der Waals surface area contributed by atoms with Crippen molar-refractivity contribution in [1.29, 1.82) is 0 Å². The Labute approximate surface area is 128 Å². The van der Waals surface area contributed by atoms with E-state index in [1.54, 1.807) is 16.2 Å². The van der Waals surface area contributed by atoms with Crippen molar-refractivity contribution in [1.82, 2.24) is 4.90 Å². The van der Waals surface area contributed by atoms with Crippen LogP contribution in [0.3, 0.4) is 0 Å². The number of carboxylic acids is 1. The number of ether oxygens (including phenoxy) is 1. The third kappa shape index (κ3) is 4.28. The first-order valence-corrected chi connectivity index (χ1v) is 7.98. The highest BCUT2D eigenvalue weighted by molar-refractivity contribution is 7.12. The molecule has 6 heteroatoms.